The summed E-state index contributed by atoms with van der Waals surface area (Å²) in [4.78, 5) is 12.5. The Hall–Kier alpha value is -3.02. The lowest BCUT2D eigenvalue weighted by Crippen LogP contribution is -2.26. The Balaban J connectivity index is 1.75. The first-order chi connectivity index (χ1) is 14.5. The molecular formula is C22H26N2O6. The predicted octanol–water partition coefficient (Wildman–Crippen LogP) is 2.86. The summed E-state index contributed by atoms with van der Waals surface area (Å²) in [6, 6.07) is 9.24. The molecule has 8 nitrogen and oxygen atoms in total. The fraction of sp³-hybridized carbons (Fsp3) is 0.455. The third-order valence-electron chi connectivity index (χ3n) is 4.83. The van der Waals surface area contributed by atoms with Crippen LogP contribution in [0.2, 0.25) is 0 Å². The summed E-state index contributed by atoms with van der Waals surface area (Å²) in [7, 11) is 0. The number of carbonyl (C=O) groups excluding carboxylic acids is 1. The summed E-state index contributed by atoms with van der Waals surface area (Å²) in [6.07, 6.45) is 1.32. The second kappa shape index (κ2) is 10.1. The maximum Gasteiger partial charge on any atom is 0.338 e. The van der Waals surface area contributed by atoms with Crippen LogP contribution in [-0.4, -0.2) is 38.7 Å². The van der Waals surface area contributed by atoms with Crippen LogP contribution in [0.1, 0.15) is 38.2 Å². The number of esters is 1. The number of carbonyl (C=O) groups is 1. The molecule has 2 aliphatic rings. The third kappa shape index (κ3) is 4.93. The maximum absolute atomic E-state index is 12.5. The first kappa shape index (κ1) is 21.7. The lowest BCUT2D eigenvalue weighted by atomic mass is 9.83. The van der Waals surface area contributed by atoms with Gasteiger partial charge in [0.25, 0.3) is 0 Å². The fourth-order valence-corrected chi connectivity index (χ4v) is 3.42. The molecule has 160 valence electrons. The molecule has 2 N–H and O–H groups in total. The summed E-state index contributed by atoms with van der Waals surface area (Å²) in [6.45, 7) is 5.43. The number of hydrogen-bond acceptors (Lipinski definition) is 8. The zero-order valence-corrected chi connectivity index (χ0v) is 17.2. The second-order valence-electron chi connectivity index (χ2n) is 6.85. The number of nitrogens with zero attached hydrogens (tertiary/aromatic N) is 1. The van der Waals surface area contributed by atoms with Crippen molar-refractivity contribution in [1.82, 2.24) is 0 Å². The monoisotopic (exact) mass is 414 g/mol. The van der Waals surface area contributed by atoms with Crippen molar-refractivity contribution in [2.45, 2.75) is 38.9 Å². The summed E-state index contributed by atoms with van der Waals surface area (Å²) in [5.74, 6) is -0.229. The standard InChI is InChI=1S/C22H26N2O6/c1-3-26-22(25)19-14(2)30-21(24)17(13-23)20(19)15-5-7-16(8-6-15)27-12-9-18-28-10-4-11-29-18/h5-8,18,20H,3-4,9-12,24H2,1-2H3. The van der Waals surface area contributed by atoms with Crippen molar-refractivity contribution >= 4 is 5.97 Å². The van der Waals surface area contributed by atoms with Crippen LogP contribution in [0.15, 0.2) is 47.1 Å². The maximum atomic E-state index is 12.5. The van der Waals surface area contributed by atoms with Crippen LogP contribution in [0.25, 0.3) is 0 Å². The average Bonchev–Trinajstić information content (AvgIpc) is 2.74. The Labute approximate surface area is 175 Å². The smallest absolute Gasteiger partial charge is 0.338 e. The van der Waals surface area contributed by atoms with Gasteiger partial charge in [-0.2, -0.15) is 5.26 Å². The summed E-state index contributed by atoms with van der Waals surface area (Å²) >= 11 is 0. The van der Waals surface area contributed by atoms with E-state index in [1.54, 1.807) is 38.1 Å². The zero-order valence-electron chi connectivity index (χ0n) is 17.2. The highest BCUT2D eigenvalue weighted by atomic mass is 16.7. The second-order valence-corrected chi connectivity index (χ2v) is 6.85. The van der Waals surface area contributed by atoms with Gasteiger partial charge in [-0.25, -0.2) is 4.79 Å². The van der Waals surface area contributed by atoms with Crippen molar-refractivity contribution < 1.29 is 28.5 Å². The fourth-order valence-electron chi connectivity index (χ4n) is 3.42. The molecule has 8 heteroatoms. The van der Waals surface area contributed by atoms with Gasteiger partial charge in [-0.15, -0.1) is 0 Å². The number of ether oxygens (including phenoxy) is 5. The number of nitrogens with two attached hydrogens (primary N) is 1. The van der Waals surface area contributed by atoms with Crippen molar-refractivity contribution in [3.05, 3.63) is 52.6 Å². The number of hydrogen-bond donors (Lipinski definition) is 1. The molecule has 1 fully saturated rings. The minimum absolute atomic E-state index is 0.0131. The van der Waals surface area contributed by atoms with Gasteiger partial charge in [0.1, 0.15) is 23.2 Å². The van der Waals surface area contributed by atoms with Crippen molar-refractivity contribution in [3.63, 3.8) is 0 Å². The number of benzene rings is 1. The first-order valence-electron chi connectivity index (χ1n) is 9.96. The molecule has 0 bridgehead atoms. The van der Waals surface area contributed by atoms with E-state index in [9.17, 15) is 10.1 Å². The predicted molar refractivity (Wildman–Crippen MR) is 107 cm³/mol. The Morgan fingerprint density at radius 3 is 2.60 bits per heavy atom. The topological polar surface area (TPSA) is 113 Å². The van der Waals surface area contributed by atoms with Crippen LogP contribution in [0.3, 0.4) is 0 Å². The molecule has 0 spiro atoms. The molecule has 0 amide bonds. The molecule has 1 aromatic carbocycles. The van der Waals surface area contributed by atoms with E-state index in [1.807, 2.05) is 0 Å². The van der Waals surface area contributed by atoms with E-state index in [0.29, 0.717) is 43.3 Å². The molecular weight excluding hydrogens is 388 g/mol. The normalized spacial score (nSPS) is 19.8. The Morgan fingerprint density at radius 1 is 1.27 bits per heavy atom. The van der Waals surface area contributed by atoms with Crippen molar-refractivity contribution in [2.24, 2.45) is 5.73 Å². The van der Waals surface area contributed by atoms with E-state index in [2.05, 4.69) is 6.07 Å². The Bertz CT molecular complexity index is 863. The zero-order chi connectivity index (χ0) is 21.5. The van der Waals surface area contributed by atoms with Crippen molar-refractivity contribution in [1.29, 1.82) is 5.26 Å². The molecule has 1 aromatic rings. The van der Waals surface area contributed by atoms with Crippen LogP contribution in [0, 0.1) is 11.3 Å². The molecule has 0 radical (unpaired) electrons. The molecule has 30 heavy (non-hydrogen) atoms. The summed E-state index contributed by atoms with van der Waals surface area (Å²) < 4.78 is 27.4. The minimum Gasteiger partial charge on any atom is -0.493 e. The third-order valence-corrected chi connectivity index (χ3v) is 4.83. The number of rotatable bonds is 7. The van der Waals surface area contributed by atoms with Gasteiger partial charge >= 0.3 is 5.97 Å². The largest absolute Gasteiger partial charge is 0.493 e. The van der Waals surface area contributed by atoms with Crippen molar-refractivity contribution in [3.8, 4) is 11.8 Å². The molecule has 2 heterocycles. The molecule has 0 aromatic heterocycles. The summed E-state index contributed by atoms with van der Waals surface area (Å²) in [5.41, 5.74) is 7.06. The van der Waals surface area contributed by atoms with E-state index < -0.39 is 11.9 Å². The van der Waals surface area contributed by atoms with E-state index in [-0.39, 0.29) is 29.9 Å². The van der Waals surface area contributed by atoms with Crippen LogP contribution >= 0.6 is 0 Å². The van der Waals surface area contributed by atoms with Crippen molar-refractivity contribution in [2.75, 3.05) is 26.4 Å². The highest BCUT2D eigenvalue weighted by molar-refractivity contribution is 5.92. The molecule has 1 saturated heterocycles. The van der Waals surface area contributed by atoms with Gasteiger partial charge in [0.2, 0.25) is 5.88 Å². The molecule has 3 rings (SSSR count). The van der Waals surface area contributed by atoms with Crippen LogP contribution < -0.4 is 10.5 Å². The SMILES string of the molecule is CCOC(=O)C1=C(C)OC(N)=C(C#N)C1c1ccc(OCCC2OCCCO2)cc1. The van der Waals surface area contributed by atoms with Gasteiger partial charge in [-0.05, 0) is 38.0 Å². The molecule has 1 atom stereocenters. The molecule has 1 unspecified atom stereocenters. The van der Waals surface area contributed by atoms with Crippen LogP contribution in [0.4, 0.5) is 0 Å². The Morgan fingerprint density at radius 2 is 1.97 bits per heavy atom. The van der Waals surface area contributed by atoms with Crippen LogP contribution in [0.5, 0.6) is 5.75 Å². The van der Waals surface area contributed by atoms with E-state index in [0.717, 1.165) is 6.42 Å². The number of allylic oxidation sites excluding steroid dienone is 2. The van der Waals surface area contributed by atoms with E-state index in [1.165, 1.54) is 0 Å². The van der Waals surface area contributed by atoms with Gasteiger partial charge in [0, 0.05) is 6.42 Å². The molecule has 0 aliphatic carbocycles. The van der Waals surface area contributed by atoms with E-state index >= 15 is 0 Å². The van der Waals surface area contributed by atoms with E-state index in [4.69, 9.17) is 29.4 Å². The quantitative estimate of drug-likeness (QED) is 0.678. The van der Waals surface area contributed by atoms with Gasteiger partial charge in [0.15, 0.2) is 6.29 Å². The minimum atomic E-state index is -0.666. The lowest BCUT2D eigenvalue weighted by Gasteiger charge is -2.27. The first-order valence-corrected chi connectivity index (χ1v) is 9.96. The highest BCUT2D eigenvalue weighted by Gasteiger charge is 2.36. The lowest BCUT2D eigenvalue weighted by molar-refractivity contribution is -0.183. The number of nitriles is 1. The molecule has 2 aliphatic heterocycles. The highest BCUT2D eigenvalue weighted by Crippen LogP contribution is 2.39. The van der Waals surface area contributed by atoms with Crippen LogP contribution in [-0.2, 0) is 23.7 Å². The Kier molecular flexibility index (Phi) is 7.33. The van der Waals surface area contributed by atoms with Gasteiger partial charge in [-0.1, -0.05) is 12.1 Å². The molecule has 0 saturated carbocycles. The van der Waals surface area contributed by atoms with Gasteiger partial charge in [-0.3, -0.25) is 0 Å². The van der Waals surface area contributed by atoms with Gasteiger partial charge < -0.3 is 29.4 Å². The average molecular weight is 414 g/mol. The van der Waals surface area contributed by atoms with Gasteiger partial charge in [0.05, 0.1) is 37.9 Å². The summed E-state index contributed by atoms with van der Waals surface area (Å²) in [5, 5.41) is 9.61.